The standard InChI is InChI=1S/C23H28N6O2/c1-4-7-18(17-8-6-11-24-14-17)27-21-15(3)13-26-22(29-21)16-9-10-19(20(30)12-16)28-23(31)25-5-2/h6,8-14,18,30H,4-5,7H2,1-3H3,(H2,25,28,31)(H,26,27,29)/t18-/m0/s1. The van der Waals surface area contributed by atoms with Gasteiger partial charge in [-0.05, 0) is 50.1 Å². The van der Waals surface area contributed by atoms with E-state index in [1.807, 2.05) is 26.1 Å². The highest BCUT2D eigenvalue weighted by molar-refractivity contribution is 5.91. The number of carbonyl (C=O) groups is 1. The van der Waals surface area contributed by atoms with E-state index in [4.69, 9.17) is 4.98 Å². The molecule has 2 heterocycles. The predicted octanol–water partition coefficient (Wildman–Crippen LogP) is 4.65. The molecule has 1 atom stereocenters. The Hall–Kier alpha value is -3.68. The number of anilines is 2. The molecule has 0 aliphatic rings. The van der Waals surface area contributed by atoms with Crippen molar-refractivity contribution in [3.63, 3.8) is 0 Å². The molecule has 0 spiro atoms. The molecule has 0 fully saturated rings. The summed E-state index contributed by atoms with van der Waals surface area (Å²) < 4.78 is 0. The zero-order chi connectivity index (χ0) is 22.2. The second kappa shape index (κ2) is 10.4. The van der Waals surface area contributed by atoms with Gasteiger partial charge in [-0.3, -0.25) is 4.98 Å². The highest BCUT2D eigenvalue weighted by Crippen LogP contribution is 2.30. The van der Waals surface area contributed by atoms with Gasteiger partial charge in [0.05, 0.1) is 11.7 Å². The number of phenols is 1. The topological polar surface area (TPSA) is 112 Å². The predicted molar refractivity (Wildman–Crippen MR) is 122 cm³/mol. The van der Waals surface area contributed by atoms with Crippen molar-refractivity contribution in [2.45, 2.75) is 39.7 Å². The van der Waals surface area contributed by atoms with Gasteiger partial charge in [0.15, 0.2) is 5.82 Å². The Kier molecular flexibility index (Phi) is 7.37. The summed E-state index contributed by atoms with van der Waals surface area (Å²) in [6.45, 7) is 6.41. The van der Waals surface area contributed by atoms with E-state index in [0.717, 1.165) is 29.8 Å². The minimum absolute atomic E-state index is 0.0540. The Morgan fingerprint density at radius 3 is 2.71 bits per heavy atom. The fourth-order valence-electron chi connectivity index (χ4n) is 3.19. The smallest absolute Gasteiger partial charge is 0.319 e. The van der Waals surface area contributed by atoms with Gasteiger partial charge in [-0.25, -0.2) is 14.8 Å². The monoisotopic (exact) mass is 420 g/mol. The van der Waals surface area contributed by atoms with Crippen molar-refractivity contribution >= 4 is 17.5 Å². The van der Waals surface area contributed by atoms with E-state index >= 15 is 0 Å². The normalized spacial score (nSPS) is 11.6. The number of rotatable bonds is 8. The van der Waals surface area contributed by atoms with Gasteiger partial charge in [0.1, 0.15) is 11.6 Å². The minimum Gasteiger partial charge on any atom is -0.506 e. The molecule has 31 heavy (non-hydrogen) atoms. The number of phenolic OH excluding ortho intramolecular Hbond substituents is 1. The molecule has 0 aliphatic heterocycles. The first kappa shape index (κ1) is 22.0. The number of hydrogen-bond donors (Lipinski definition) is 4. The SMILES string of the molecule is CCC[C@H](Nc1nc(-c2ccc(NC(=O)NCC)c(O)c2)ncc1C)c1cccnc1. The fraction of sp³-hybridized carbons (Fsp3) is 0.304. The molecule has 0 saturated heterocycles. The molecule has 3 rings (SSSR count). The van der Waals surface area contributed by atoms with Gasteiger partial charge in [0, 0.05) is 36.3 Å². The zero-order valence-corrected chi connectivity index (χ0v) is 18.0. The van der Waals surface area contributed by atoms with Gasteiger partial charge in [0.2, 0.25) is 0 Å². The molecule has 2 amide bonds. The van der Waals surface area contributed by atoms with Crippen LogP contribution in [-0.2, 0) is 0 Å². The van der Waals surface area contributed by atoms with Crippen LogP contribution in [0.1, 0.15) is 43.9 Å². The number of nitrogens with zero attached hydrogens (tertiary/aromatic N) is 3. The third-order valence-corrected chi connectivity index (χ3v) is 4.79. The van der Waals surface area contributed by atoms with E-state index in [9.17, 15) is 9.90 Å². The molecule has 4 N–H and O–H groups in total. The van der Waals surface area contributed by atoms with Crippen LogP contribution in [0.25, 0.3) is 11.4 Å². The Balaban J connectivity index is 1.85. The van der Waals surface area contributed by atoms with Crippen molar-refractivity contribution in [1.29, 1.82) is 0 Å². The summed E-state index contributed by atoms with van der Waals surface area (Å²) in [5.41, 5.74) is 2.99. The lowest BCUT2D eigenvalue weighted by atomic mass is 10.0. The van der Waals surface area contributed by atoms with E-state index in [1.54, 1.807) is 30.6 Å². The maximum Gasteiger partial charge on any atom is 0.319 e. The molecule has 0 radical (unpaired) electrons. The van der Waals surface area contributed by atoms with Gasteiger partial charge >= 0.3 is 6.03 Å². The molecular weight excluding hydrogens is 392 g/mol. The molecule has 3 aromatic rings. The Labute approximate surface area is 182 Å². The quantitative estimate of drug-likeness (QED) is 0.395. The summed E-state index contributed by atoms with van der Waals surface area (Å²) in [6, 6.07) is 8.62. The third-order valence-electron chi connectivity index (χ3n) is 4.79. The molecule has 2 aromatic heterocycles. The van der Waals surface area contributed by atoms with Crippen LogP contribution in [0, 0.1) is 6.92 Å². The van der Waals surface area contributed by atoms with Gasteiger partial charge in [-0.1, -0.05) is 19.4 Å². The summed E-state index contributed by atoms with van der Waals surface area (Å²) in [7, 11) is 0. The second-order valence-corrected chi connectivity index (χ2v) is 7.21. The molecule has 162 valence electrons. The number of aromatic nitrogens is 3. The van der Waals surface area contributed by atoms with Crippen molar-refractivity contribution in [1.82, 2.24) is 20.3 Å². The largest absolute Gasteiger partial charge is 0.506 e. The van der Waals surface area contributed by atoms with Gasteiger partial charge in [0.25, 0.3) is 0 Å². The van der Waals surface area contributed by atoms with Crippen molar-refractivity contribution in [3.8, 4) is 17.1 Å². The molecule has 0 saturated carbocycles. The summed E-state index contributed by atoms with van der Waals surface area (Å²) in [5.74, 6) is 1.16. The lowest BCUT2D eigenvalue weighted by molar-refractivity contribution is 0.252. The summed E-state index contributed by atoms with van der Waals surface area (Å²) in [5, 5.41) is 19.1. The van der Waals surface area contributed by atoms with E-state index in [-0.39, 0.29) is 17.8 Å². The maximum atomic E-state index is 11.7. The van der Waals surface area contributed by atoms with Gasteiger partial charge in [-0.15, -0.1) is 0 Å². The number of aryl methyl sites for hydroxylation is 1. The van der Waals surface area contributed by atoms with E-state index < -0.39 is 0 Å². The van der Waals surface area contributed by atoms with E-state index in [2.05, 4.69) is 38.9 Å². The average molecular weight is 421 g/mol. The van der Waals surface area contributed by atoms with Crippen LogP contribution in [0.15, 0.2) is 48.9 Å². The Morgan fingerprint density at radius 1 is 1.19 bits per heavy atom. The van der Waals surface area contributed by atoms with Crippen LogP contribution in [-0.4, -0.2) is 32.6 Å². The molecule has 1 aromatic carbocycles. The second-order valence-electron chi connectivity index (χ2n) is 7.21. The molecule has 0 unspecified atom stereocenters. The first-order chi connectivity index (χ1) is 15.0. The van der Waals surface area contributed by atoms with Crippen molar-refractivity contribution in [2.24, 2.45) is 0 Å². The molecule has 0 bridgehead atoms. The molecule has 8 heteroatoms. The number of carbonyl (C=O) groups excluding carboxylic acids is 1. The van der Waals surface area contributed by atoms with E-state index in [1.165, 1.54) is 0 Å². The molecular formula is C23H28N6O2. The van der Waals surface area contributed by atoms with Crippen molar-refractivity contribution in [3.05, 3.63) is 60.0 Å². The summed E-state index contributed by atoms with van der Waals surface area (Å²) >= 11 is 0. The molecule has 0 aliphatic carbocycles. The number of benzene rings is 1. The number of pyridine rings is 1. The Bertz CT molecular complexity index is 1030. The Morgan fingerprint density at radius 2 is 2.03 bits per heavy atom. The van der Waals surface area contributed by atoms with Crippen LogP contribution in [0.2, 0.25) is 0 Å². The highest BCUT2D eigenvalue weighted by Gasteiger charge is 2.15. The maximum absolute atomic E-state index is 11.7. The number of amides is 2. The average Bonchev–Trinajstić information content (AvgIpc) is 2.77. The van der Waals surface area contributed by atoms with Crippen LogP contribution in [0.3, 0.4) is 0 Å². The van der Waals surface area contributed by atoms with Crippen LogP contribution < -0.4 is 16.0 Å². The van der Waals surface area contributed by atoms with Crippen LogP contribution in [0.5, 0.6) is 5.75 Å². The number of urea groups is 1. The lowest BCUT2D eigenvalue weighted by Gasteiger charge is -2.20. The summed E-state index contributed by atoms with van der Waals surface area (Å²) in [4.78, 5) is 25.1. The highest BCUT2D eigenvalue weighted by atomic mass is 16.3. The zero-order valence-electron chi connectivity index (χ0n) is 18.0. The van der Waals surface area contributed by atoms with Crippen molar-refractivity contribution < 1.29 is 9.90 Å². The fourth-order valence-corrected chi connectivity index (χ4v) is 3.19. The van der Waals surface area contributed by atoms with Crippen LogP contribution >= 0.6 is 0 Å². The third kappa shape index (κ3) is 5.69. The lowest BCUT2D eigenvalue weighted by Crippen LogP contribution is -2.28. The van der Waals surface area contributed by atoms with Gasteiger partial charge in [-0.2, -0.15) is 0 Å². The first-order valence-electron chi connectivity index (χ1n) is 10.4. The van der Waals surface area contributed by atoms with E-state index in [0.29, 0.717) is 23.6 Å². The van der Waals surface area contributed by atoms with Crippen LogP contribution in [0.4, 0.5) is 16.3 Å². The van der Waals surface area contributed by atoms with Crippen molar-refractivity contribution in [2.75, 3.05) is 17.2 Å². The first-order valence-corrected chi connectivity index (χ1v) is 10.4. The number of aromatic hydroxyl groups is 1. The summed E-state index contributed by atoms with van der Waals surface area (Å²) in [6.07, 6.45) is 7.33. The minimum atomic E-state index is -0.374. The number of hydrogen-bond acceptors (Lipinski definition) is 6. The molecule has 8 nitrogen and oxygen atoms in total. The number of nitrogens with one attached hydrogen (secondary N) is 3. The van der Waals surface area contributed by atoms with Gasteiger partial charge < -0.3 is 21.1 Å².